The van der Waals surface area contributed by atoms with E-state index >= 15 is 0 Å². The molecule has 1 heterocycles. The third kappa shape index (κ3) is 3.84. The van der Waals surface area contributed by atoms with Crippen LogP contribution in [0.5, 0.6) is 0 Å². The molecule has 144 valence electrons. The van der Waals surface area contributed by atoms with Crippen LogP contribution < -0.4 is 14.9 Å². The highest BCUT2D eigenvalue weighted by Gasteiger charge is 2.36. The van der Waals surface area contributed by atoms with E-state index in [1.54, 1.807) is 12.1 Å². The lowest BCUT2D eigenvalue weighted by Gasteiger charge is -2.24. The van der Waals surface area contributed by atoms with Crippen molar-refractivity contribution in [3.05, 3.63) is 59.7 Å². The lowest BCUT2D eigenvalue weighted by molar-refractivity contribution is 0.0950. The van der Waals surface area contributed by atoms with Gasteiger partial charge in [0, 0.05) is 24.2 Å². The molecular formula is C20H25N3O3S. The average Bonchev–Trinajstić information content (AvgIpc) is 3.02. The zero-order valence-corrected chi connectivity index (χ0v) is 16.6. The van der Waals surface area contributed by atoms with Gasteiger partial charge in [0.05, 0.1) is 10.6 Å². The zero-order valence-electron chi connectivity index (χ0n) is 15.8. The molecule has 2 aromatic carbocycles. The van der Waals surface area contributed by atoms with Crippen LogP contribution in [-0.4, -0.2) is 40.0 Å². The minimum atomic E-state index is -3.75. The molecule has 0 spiro atoms. The Kier molecular flexibility index (Phi) is 5.53. The number of benzene rings is 2. The predicted octanol–water partition coefficient (Wildman–Crippen LogP) is 2.16. The van der Waals surface area contributed by atoms with E-state index in [1.165, 1.54) is 16.4 Å². The van der Waals surface area contributed by atoms with Gasteiger partial charge in [-0.05, 0) is 57.1 Å². The molecule has 0 aromatic heterocycles. The number of sulfonamides is 1. The number of nitrogens with one attached hydrogen (secondary N) is 2. The second kappa shape index (κ2) is 7.70. The first-order valence-corrected chi connectivity index (χ1v) is 10.5. The number of carbonyl (C=O) groups excluding carboxylic acids is 1. The van der Waals surface area contributed by atoms with Crippen molar-refractivity contribution in [2.45, 2.75) is 37.2 Å². The SMILES string of the molecule is CNC(C)CNC(=O)c1cccc(S(=O)(=O)N2c3ccccc3CC2C)c1. The van der Waals surface area contributed by atoms with Gasteiger partial charge in [0.2, 0.25) is 0 Å². The number of rotatable bonds is 6. The number of amides is 1. The highest BCUT2D eigenvalue weighted by atomic mass is 32.2. The standard InChI is InChI=1S/C20H25N3O3S/c1-14(21-3)13-22-20(24)17-8-6-9-18(12-17)27(25,26)23-15(2)11-16-7-4-5-10-19(16)23/h4-10,12,14-15,21H,11,13H2,1-3H3,(H,22,24). The second-order valence-corrected chi connectivity index (χ2v) is 8.73. The van der Waals surface area contributed by atoms with Crippen molar-refractivity contribution in [2.24, 2.45) is 0 Å². The molecule has 2 N–H and O–H groups in total. The molecule has 1 amide bonds. The highest BCUT2D eigenvalue weighted by molar-refractivity contribution is 7.92. The molecule has 27 heavy (non-hydrogen) atoms. The molecule has 0 bridgehead atoms. The molecule has 7 heteroatoms. The molecule has 2 unspecified atom stereocenters. The molecule has 6 nitrogen and oxygen atoms in total. The summed E-state index contributed by atoms with van der Waals surface area (Å²) in [7, 11) is -1.93. The Morgan fingerprint density at radius 3 is 2.70 bits per heavy atom. The number of likely N-dealkylation sites (N-methyl/N-ethyl adjacent to an activating group) is 1. The first-order valence-electron chi connectivity index (χ1n) is 9.02. The maximum atomic E-state index is 13.3. The number of anilines is 1. The summed E-state index contributed by atoms with van der Waals surface area (Å²) in [5, 5.41) is 5.85. The summed E-state index contributed by atoms with van der Waals surface area (Å²) >= 11 is 0. The van der Waals surface area contributed by atoms with E-state index in [-0.39, 0.29) is 22.9 Å². The summed E-state index contributed by atoms with van der Waals surface area (Å²) in [6, 6.07) is 13.7. The molecule has 2 atom stereocenters. The van der Waals surface area contributed by atoms with E-state index in [0.717, 1.165) is 5.56 Å². The third-order valence-electron chi connectivity index (χ3n) is 4.86. The van der Waals surface area contributed by atoms with Crippen LogP contribution in [0.4, 0.5) is 5.69 Å². The molecule has 0 fully saturated rings. The van der Waals surface area contributed by atoms with Gasteiger partial charge in [0.15, 0.2) is 0 Å². The minimum absolute atomic E-state index is 0.125. The van der Waals surface area contributed by atoms with E-state index in [4.69, 9.17) is 0 Å². The topological polar surface area (TPSA) is 78.5 Å². The van der Waals surface area contributed by atoms with Gasteiger partial charge in [-0.15, -0.1) is 0 Å². The van der Waals surface area contributed by atoms with Crippen molar-refractivity contribution in [3.8, 4) is 0 Å². The van der Waals surface area contributed by atoms with Gasteiger partial charge in [-0.3, -0.25) is 9.10 Å². The Morgan fingerprint density at radius 1 is 1.22 bits per heavy atom. The van der Waals surface area contributed by atoms with Crippen molar-refractivity contribution in [1.82, 2.24) is 10.6 Å². The maximum Gasteiger partial charge on any atom is 0.264 e. The highest BCUT2D eigenvalue weighted by Crippen LogP contribution is 2.36. The fourth-order valence-corrected chi connectivity index (χ4v) is 5.00. The third-order valence-corrected chi connectivity index (χ3v) is 6.78. The van der Waals surface area contributed by atoms with Crippen molar-refractivity contribution in [1.29, 1.82) is 0 Å². The van der Waals surface area contributed by atoms with Gasteiger partial charge in [0.25, 0.3) is 15.9 Å². The number of para-hydroxylation sites is 1. The van der Waals surface area contributed by atoms with Crippen LogP contribution in [0.2, 0.25) is 0 Å². The van der Waals surface area contributed by atoms with Gasteiger partial charge in [-0.1, -0.05) is 24.3 Å². The monoisotopic (exact) mass is 387 g/mol. The van der Waals surface area contributed by atoms with Gasteiger partial charge in [0.1, 0.15) is 0 Å². The Labute approximate surface area is 160 Å². The van der Waals surface area contributed by atoms with Gasteiger partial charge < -0.3 is 10.6 Å². The van der Waals surface area contributed by atoms with Gasteiger partial charge in [-0.2, -0.15) is 0 Å². The Morgan fingerprint density at radius 2 is 1.96 bits per heavy atom. The summed E-state index contributed by atoms with van der Waals surface area (Å²) in [6.07, 6.45) is 0.678. The maximum absolute atomic E-state index is 13.3. The van der Waals surface area contributed by atoms with E-state index in [0.29, 0.717) is 24.2 Å². The van der Waals surface area contributed by atoms with E-state index in [1.807, 2.05) is 45.2 Å². The molecule has 1 aliphatic heterocycles. The minimum Gasteiger partial charge on any atom is -0.350 e. The van der Waals surface area contributed by atoms with E-state index in [2.05, 4.69) is 10.6 Å². The van der Waals surface area contributed by atoms with E-state index < -0.39 is 10.0 Å². The molecule has 2 aromatic rings. The van der Waals surface area contributed by atoms with Gasteiger partial charge >= 0.3 is 0 Å². The second-order valence-electron chi connectivity index (χ2n) is 6.91. The number of carbonyl (C=O) groups is 1. The molecule has 0 saturated carbocycles. The quantitative estimate of drug-likeness (QED) is 0.796. The largest absolute Gasteiger partial charge is 0.350 e. The predicted molar refractivity (Wildman–Crippen MR) is 107 cm³/mol. The summed E-state index contributed by atoms with van der Waals surface area (Å²) in [5.74, 6) is -0.288. The molecule has 0 aliphatic carbocycles. The Balaban J connectivity index is 1.89. The zero-order chi connectivity index (χ0) is 19.6. The van der Waals surface area contributed by atoms with Crippen LogP contribution in [0, 0.1) is 0 Å². The fraction of sp³-hybridized carbons (Fsp3) is 0.350. The van der Waals surface area contributed by atoms with Crippen LogP contribution in [0.25, 0.3) is 0 Å². The van der Waals surface area contributed by atoms with Crippen LogP contribution >= 0.6 is 0 Å². The Hall–Kier alpha value is -2.38. The molecule has 3 rings (SSSR count). The van der Waals surface area contributed by atoms with E-state index in [9.17, 15) is 13.2 Å². The lowest BCUT2D eigenvalue weighted by Crippen LogP contribution is -2.37. The van der Waals surface area contributed by atoms with Crippen molar-refractivity contribution in [2.75, 3.05) is 17.9 Å². The summed E-state index contributed by atoms with van der Waals surface area (Å²) in [4.78, 5) is 12.5. The van der Waals surface area contributed by atoms with Gasteiger partial charge in [-0.25, -0.2) is 8.42 Å². The van der Waals surface area contributed by atoms with Crippen molar-refractivity contribution < 1.29 is 13.2 Å². The molecule has 0 radical (unpaired) electrons. The summed E-state index contributed by atoms with van der Waals surface area (Å²) in [5.41, 5.74) is 2.06. The summed E-state index contributed by atoms with van der Waals surface area (Å²) < 4.78 is 28.0. The van der Waals surface area contributed by atoms with Crippen molar-refractivity contribution in [3.63, 3.8) is 0 Å². The van der Waals surface area contributed by atoms with Crippen LogP contribution in [0.15, 0.2) is 53.4 Å². The normalized spacial score (nSPS) is 17.4. The number of hydrogen-bond acceptors (Lipinski definition) is 4. The first-order chi connectivity index (χ1) is 12.8. The number of nitrogens with zero attached hydrogens (tertiary/aromatic N) is 1. The van der Waals surface area contributed by atoms with Crippen LogP contribution in [-0.2, 0) is 16.4 Å². The first kappa shape index (κ1) is 19.4. The fourth-order valence-electron chi connectivity index (χ4n) is 3.26. The molecular weight excluding hydrogens is 362 g/mol. The average molecular weight is 388 g/mol. The number of hydrogen-bond donors (Lipinski definition) is 2. The molecule has 0 saturated heterocycles. The van der Waals surface area contributed by atoms with Crippen molar-refractivity contribution >= 4 is 21.6 Å². The smallest absolute Gasteiger partial charge is 0.264 e. The van der Waals surface area contributed by atoms with Crippen LogP contribution in [0.3, 0.4) is 0 Å². The number of fused-ring (bicyclic) bond motifs is 1. The van der Waals surface area contributed by atoms with Crippen LogP contribution in [0.1, 0.15) is 29.8 Å². The lowest BCUT2D eigenvalue weighted by atomic mass is 10.1. The molecule has 1 aliphatic rings. The summed E-state index contributed by atoms with van der Waals surface area (Å²) in [6.45, 7) is 4.31. The Bertz CT molecular complexity index is 943.